The van der Waals surface area contributed by atoms with Gasteiger partial charge >= 0.3 is 11.8 Å². The quantitative estimate of drug-likeness (QED) is 0.576. The van der Waals surface area contributed by atoms with Gasteiger partial charge in [0.15, 0.2) is 0 Å². The molecule has 29 heavy (non-hydrogen) atoms. The Morgan fingerprint density at radius 1 is 1.24 bits per heavy atom. The molecular formula is C20H21FN6O2. The number of nitrogen functional groups attached to an aromatic ring is 1. The normalized spacial score (nSPS) is 19.3. The van der Waals surface area contributed by atoms with Crippen molar-refractivity contribution in [1.29, 1.82) is 0 Å². The molecule has 3 aromatic rings. The average molecular weight is 396 g/mol. The molecule has 1 unspecified atom stereocenters. The number of benzene rings is 1. The highest BCUT2D eigenvalue weighted by atomic mass is 19.1. The van der Waals surface area contributed by atoms with Crippen molar-refractivity contribution >= 4 is 34.2 Å². The Balaban J connectivity index is 1.58. The van der Waals surface area contributed by atoms with Gasteiger partial charge in [-0.1, -0.05) is 19.1 Å². The van der Waals surface area contributed by atoms with Gasteiger partial charge in [0.1, 0.15) is 11.6 Å². The maximum absolute atomic E-state index is 13.3. The zero-order chi connectivity index (χ0) is 20.5. The molecule has 2 amide bonds. The number of nitrogens with one attached hydrogen (secondary N) is 2. The number of halogens is 1. The Kier molecular flexibility index (Phi) is 4.87. The second kappa shape index (κ2) is 7.50. The van der Waals surface area contributed by atoms with Gasteiger partial charge in [0.25, 0.3) is 0 Å². The van der Waals surface area contributed by atoms with Crippen LogP contribution in [0.25, 0.3) is 10.9 Å². The molecule has 0 radical (unpaired) electrons. The molecule has 0 aliphatic carbocycles. The summed E-state index contributed by atoms with van der Waals surface area (Å²) in [6, 6.07) is 5.77. The van der Waals surface area contributed by atoms with Crippen molar-refractivity contribution in [3.05, 3.63) is 48.0 Å². The van der Waals surface area contributed by atoms with Gasteiger partial charge in [-0.15, -0.1) is 0 Å². The molecule has 0 bridgehead atoms. The third-order valence-electron chi connectivity index (χ3n) is 5.29. The van der Waals surface area contributed by atoms with Gasteiger partial charge in [-0.3, -0.25) is 14.7 Å². The SMILES string of the molecule is C[C@@H]1CCC(c2ccc(F)cc2)N(C(=O)C(=O)Nc2cnc(N)c3cn[nH]c23)C1. The number of aromatic amines is 1. The first-order valence-electron chi connectivity index (χ1n) is 9.39. The van der Waals surface area contributed by atoms with Crippen LogP contribution in [0.1, 0.15) is 31.4 Å². The minimum atomic E-state index is -0.770. The summed E-state index contributed by atoms with van der Waals surface area (Å²) in [7, 11) is 0. The number of rotatable bonds is 2. The summed E-state index contributed by atoms with van der Waals surface area (Å²) in [5.74, 6) is -1.21. The van der Waals surface area contributed by atoms with Crippen molar-refractivity contribution in [2.75, 3.05) is 17.6 Å². The molecule has 8 nitrogen and oxygen atoms in total. The van der Waals surface area contributed by atoms with Crippen molar-refractivity contribution in [3.63, 3.8) is 0 Å². The third kappa shape index (κ3) is 3.63. The van der Waals surface area contributed by atoms with E-state index in [4.69, 9.17) is 5.73 Å². The number of anilines is 2. The van der Waals surface area contributed by atoms with E-state index in [1.54, 1.807) is 17.0 Å². The molecule has 1 aromatic carbocycles. The second-order valence-electron chi connectivity index (χ2n) is 7.38. The molecule has 1 saturated heterocycles. The van der Waals surface area contributed by atoms with Crippen LogP contribution in [0.2, 0.25) is 0 Å². The van der Waals surface area contributed by atoms with Crippen molar-refractivity contribution in [3.8, 4) is 0 Å². The number of carbonyl (C=O) groups is 2. The maximum atomic E-state index is 13.3. The molecule has 4 rings (SSSR count). The molecule has 150 valence electrons. The fourth-order valence-corrected chi connectivity index (χ4v) is 3.76. The third-order valence-corrected chi connectivity index (χ3v) is 5.29. The van der Waals surface area contributed by atoms with Gasteiger partial charge < -0.3 is 16.0 Å². The Morgan fingerprint density at radius 3 is 2.76 bits per heavy atom. The van der Waals surface area contributed by atoms with Crippen molar-refractivity contribution in [2.45, 2.75) is 25.8 Å². The van der Waals surface area contributed by atoms with E-state index in [0.29, 0.717) is 29.6 Å². The van der Waals surface area contributed by atoms with E-state index in [1.807, 2.05) is 6.92 Å². The summed E-state index contributed by atoms with van der Waals surface area (Å²) in [5, 5.41) is 9.84. The number of nitrogens with two attached hydrogens (primary N) is 1. The number of piperidine rings is 1. The van der Waals surface area contributed by atoms with Gasteiger partial charge in [-0.2, -0.15) is 5.10 Å². The van der Waals surface area contributed by atoms with E-state index in [9.17, 15) is 14.0 Å². The first-order chi connectivity index (χ1) is 13.9. The number of aromatic nitrogens is 3. The Morgan fingerprint density at radius 2 is 2.00 bits per heavy atom. The molecule has 3 heterocycles. The first kappa shape index (κ1) is 18.9. The summed E-state index contributed by atoms with van der Waals surface area (Å²) >= 11 is 0. The summed E-state index contributed by atoms with van der Waals surface area (Å²) in [4.78, 5) is 31.3. The molecule has 0 saturated carbocycles. The highest BCUT2D eigenvalue weighted by Gasteiger charge is 2.34. The molecule has 9 heteroatoms. The molecule has 0 spiro atoms. The van der Waals surface area contributed by atoms with Crippen LogP contribution in [-0.4, -0.2) is 38.4 Å². The minimum absolute atomic E-state index is 0.265. The zero-order valence-electron chi connectivity index (χ0n) is 15.9. The Labute approximate surface area is 166 Å². The van der Waals surface area contributed by atoms with Crippen LogP contribution in [0, 0.1) is 11.7 Å². The molecule has 4 N–H and O–H groups in total. The predicted octanol–water partition coefficient (Wildman–Crippen LogP) is 2.62. The first-order valence-corrected chi connectivity index (χ1v) is 9.39. The van der Waals surface area contributed by atoms with Crippen LogP contribution in [0.4, 0.5) is 15.9 Å². The topological polar surface area (TPSA) is 117 Å². The van der Waals surface area contributed by atoms with Crippen LogP contribution in [0.3, 0.4) is 0 Å². The van der Waals surface area contributed by atoms with E-state index in [1.165, 1.54) is 24.5 Å². The fourth-order valence-electron chi connectivity index (χ4n) is 3.76. The lowest BCUT2D eigenvalue weighted by molar-refractivity contribution is -0.146. The lowest BCUT2D eigenvalue weighted by atomic mass is 9.90. The molecular weight excluding hydrogens is 375 g/mol. The largest absolute Gasteiger partial charge is 0.383 e. The van der Waals surface area contributed by atoms with Crippen LogP contribution >= 0.6 is 0 Å². The molecule has 2 atom stereocenters. The number of hydrogen-bond acceptors (Lipinski definition) is 5. The number of nitrogens with zero attached hydrogens (tertiary/aromatic N) is 3. The standard InChI is InChI=1S/C20H21FN6O2/c1-11-2-7-16(12-3-5-13(21)6-4-12)27(10-11)20(29)19(28)25-15-9-23-18(22)14-8-24-26-17(14)15/h3-6,8-9,11,16H,2,7,10H2,1H3,(H2,22,23)(H,24,26)(H,25,28)/t11-,16?/m1/s1. The number of pyridine rings is 1. The van der Waals surface area contributed by atoms with Crippen molar-refractivity contribution < 1.29 is 14.0 Å². The summed E-state index contributed by atoms with van der Waals surface area (Å²) in [6.07, 6.45) is 4.52. The van der Waals surface area contributed by atoms with E-state index >= 15 is 0 Å². The van der Waals surface area contributed by atoms with E-state index in [2.05, 4.69) is 20.5 Å². The minimum Gasteiger partial charge on any atom is -0.383 e. The van der Waals surface area contributed by atoms with E-state index in [-0.39, 0.29) is 23.6 Å². The predicted molar refractivity (Wildman–Crippen MR) is 106 cm³/mol. The van der Waals surface area contributed by atoms with Crippen LogP contribution in [-0.2, 0) is 9.59 Å². The lowest BCUT2D eigenvalue weighted by Gasteiger charge is -2.38. The van der Waals surface area contributed by atoms with Crippen LogP contribution < -0.4 is 11.1 Å². The summed E-state index contributed by atoms with van der Waals surface area (Å²) < 4.78 is 13.3. The molecule has 1 aliphatic heterocycles. The summed E-state index contributed by atoms with van der Waals surface area (Å²) in [6.45, 7) is 2.49. The van der Waals surface area contributed by atoms with Gasteiger partial charge in [0, 0.05) is 6.54 Å². The van der Waals surface area contributed by atoms with Gasteiger partial charge in [0.2, 0.25) is 0 Å². The van der Waals surface area contributed by atoms with Gasteiger partial charge in [-0.05, 0) is 36.5 Å². The average Bonchev–Trinajstić information content (AvgIpc) is 3.21. The van der Waals surface area contributed by atoms with Crippen LogP contribution in [0.15, 0.2) is 36.7 Å². The fraction of sp³-hybridized carbons (Fsp3) is 0.300. The van der Waals surface area contributed by atoms with Crippen LogP contribution in [0.5, 0.6) is 0 Å². The Hall–Kier alpha value is -3.49. The van der Waals surface area contributed by atoms with E-state index < -0.39 is 11.8 Å². The molecule has 1 fully saturated rings. The summed E-state index contributed by atoms with van der Waals surface area (Å²) in [5.41, 5.74) is 7.44. The Bertz CT molecular complexity index is 1060. The number of carbonyl (C=O) groups excluding carboxylic acids is 2. The lowest BCUT2D eigenvalue weighted by Crippen LogP contribution is -2.46. The number of hydrogen-bond donors (Lipinski definition) is 3. The highest BCUT2D eigenvalue weighted by Crippen LogP contribution is 2.33. The molecule has 2 aromatic heterocycles. The smallest absolute Gasteiger partial charge is 0.314 e. The number of fused-ring (bicyclic) bond motifs is 1. The van der Waals surface area contributed by atoms with Crippen molar-refractivity contribution in [1.82, 2.24) is 20.1 Å². The zero-order valence-corrected chi connectivity index (χ0v) is 15.9. The monoisotopic (exact) mass is 396 g/mol. The van der Waals surface area contributed by atoms with Crippen molar-refractivity contribution in [2.24, 2.45) is 5.92 Å². The van der Waals surface area contributed by atoms with E-state index in [0.717, 1.165) is 12.0 Å². The highest BCUT2D eigenvalue weighted by molar-refractivity contribution is 6.40. The molecule has 1 aliphatic rings. The maximum Gasteiger partial charge on any atom is 0.314 e. The number of likely N-dealkylation sites (tertiary alicyclic amines) is 1. The van der Waals surface area contributed by atoms with Gasteiger partial charge in [-0.25, -0.2) is 9.37 Å². The second-order valence-corrected chi connectivity index (χ2v) is 7.38. The number of amides is 2. The van der Waals surface area contributed by atoms with Gasteiger partial charge in [0.05, 0.1) is 35.0 Å². The number of H-pyrrole nitrogens is 1.